The lowest BCUT2D eigenvalue weighted by Crippen LogP contribution is -2.31. The molecule has 0 saturated heterocycles. The highest BCUT2D eigenvalue weighted by Gasteiger charge is 2.33. The molecular formula is C21H16Cl2F3N3O5. The Morgan fingerprint density at radius 1 is 1.24 bits per heavy atom. The van der Waals surface area contributed by atoms with Gasteiger partial charge < -0.3 is 14.2 Å². The molecule has 8 nitrogen and oxygen atoms in total. The molecule has 0 radical (unpaired) electrons. The van der Waals surface area contributed by atoms with Crippen molar-refractivity contribution in [3.05, 3.63) is 73.4 Å². The fraction of sp³-hybridized carbons (Fsp3) is 0.238. The molecule has 1 heterocycles. The number of nitro benzene ring substituents is 1. The first-order chi connectivity index (χ1) is 15.9. The number of benzene rings is 2. The number of halogens is 5. The Morgan fingerprint density at radius 3 is 2.47 bits per heavy atom. The lowest BCUT2D eigenvalue weighted by molar-refractivity contribution is -0.386. The molecule has 0 spiro atoms. The van der Waals surface area contributed by atoms with E-state index in [2.05, 4.69) is 5.16 Å². The molecule has 0 aliphatic carbocycles. The number of rotatable bonds is 7. The third-order valence-electron chi connectivity index (χ3n) is 4.79. The summed E-state index contributed by atoms with van der Waals surface area (Å²) in [7, 11) is 1.44. The third kappa shape index (κ3) is 5.26. The van der Waals surface area contributed by atoms with Crippen LogP contribution in [0.5, 0.6) is 5.75 Å². The summed E-state index contributed by atoms with van der Waals surface area (Å²) in [5.41, 5.74) is -1.44. The van der Waals surface area contributed by atoms with Gasteiger partial charge in [-0.15, -0.1) is 0 Å². The van der Waals surface area contributed by atoms with Crippen LogP contribution in [-0.4, -0.2) is 41.1 Å². The number of nitrogens with zero attached hydrogens (tertiary/aromatic N) is 3. The molecule has 13 heteroatoms. The lowest BCUT2D eigenvalue weighted by Gasteiger charge is -2.18. The average Bonchev–Trinajstić information content (AvgIpc) is 3.13. The van der Waals surface area contributed by atoms with Gasteiger partial charge in [0.05, 0.1) is 27.1 Å². The standard InChI is InChI=1S/C21H16Cl2F3N3O5/c1-11-17(19(27-34-11)18-13(22)4-3-5-14(18)23)20(30)28(2)8-9-33-16-7-6-12(21(24,25)26)10-15(16)29(31)32/h3-7,10H,8-9H2,1-2H3. The molecule has 0 fully saturated rings. The second-order valence-electron chi connectivity index (χ2n) is 7.07. The zero-order valence-corrected chi connectivity index (χ0v) is 19.2. The number of hydrogen-bond acceptors (Lipinski definition) is 6. The first-order valence-electron chi connectivity index (χ1n) is 9.56. The Kier molecular flexibility index (Phi) is 7.37. The molecule has 0 aliphatic heterocycles. The second kappa shape index (κ2) is 9.90. The Balaban J connectivity index is 1.77. The monoisotopic (exact) mass is 517 g/mol. The zero-order chi connectivity index (χ0) is 25.2. The fourth-order valence-electron chi connectivity index (χ4n) is 3.06. The predicted octanol–water partition coefficient (Wildman–Crippen LogP) is 6.03. The van der Waals surface area contributed by atoms with E-state index in [-0.39, 0.29) is 46.0 Å². The molecule has 0 saturated carbocycles. The molecule has 180 valence electrons. The summed E-state index contributed by atoms with van der Waals surface area (Å²) in [6.45, 7) is 1.24. The van der Waals surface area contributed by atoms with E-state index < -0.39 is 28.3 Å². The summed E-state index contributed by atoms with van der Waals surface area (Å²) >= 11 is 12.4. The van der Waals surface area contributed by atoms with Crippen molar-refractivity contribution < 1.29 is 32.1 Å². The van der Waals surface area contributed by atoms with E-state index in [1.165, 1.54) is 18.9 Å². The van der Waals surface area contributed by atoms with Crippen molar-refractivity contribution >= 4 is 34.8 Å². The van der Waals surface area contributed by atoms with Gasteiger partial charge in [0.15, 0.2) is 5.75 Å². The van der Waals surface area contributed by atoms with Crippen molar-refractivity contribution in [3.8, 4) is 17.0 Å². The predicted molar refractivity (Wildman–Crippen MR) is 117 cm³/mol. The van der Waals surface area contributed by atoms with Gasteiger partial charge in [0.25, 0.3) is 5.91 Å². The Labute approximate surface area is 200 Å². The average molecular weight is 518 g/mol. The van der Waals surface area contributed by atoms with Crippen molar-refractivity contribution in [2.45, 2.75) is 13.1 Å². The second-order valence-corrected chi connectivity index (χ2v) is 7.89. The number of amides is 1. The number of likely N-dealkylation sites (N-methyl/N-ethyl adjacent to an activating group) is 1. The minimum atomic E-state index is -4.74. The van der Waals surface area contributed by atoms with Gasteiger partial charge in [-0.05, 0) is 31.2 Å². The summed E-state index contributed by atoms with van der Waals surface area (Å²) in [6, 6.07) is 6.73. The number of aryl methyl sites for hydroxylation is 1. The third-order valence-corrected chi connectivity index (χ3v) is 5.42. The summed E-state index contributed by atoms with van der Waals surface area (Å²) < 4.78 is 49.0. The van der Waals surface area contributed by atoms with Crippen LogP contribution < -0.4 is 4.74 Å². The van der Waals surface area contributed by atoms with E-state index in [1.807, 2.05) is 0 Å². The van der Waals surface area contributed by atoms with Gasteiger partial charge in [0.2, 0.25) is 0 Å². The van der Waals surface area contributed by atoms with Gasteiger partial charge in [-0.3, -0.25) is 14.9 Å². The number of hydrogen-bond donors (Lipinski definition) is 0. The molecule has 0 N–H and O–H groups in total. The number of ether oxygens (including phenoxy) is 1. The van der Waals surface area contributed by atoms with Gasteiger partial charge >= 0.3 is 11.9 Å². The topological polar surface area (TPSA) is 98.7 Å². The number of alkyl halides is 3. The van der Waals surface area contributed by atoms with Crippen LogP contribution in [0.15, 0.2) is 40.9 Å². The minimum absolute atomic E-state index is 0.0582. The summed E-state index contributed by atoms with van der Waals surface area (Å²) in [5.74, 6) is -0.666. The largest absolute Gasteiger partial charge is 0.485 e. The van der Waals surface area contributed by atoms with Crippen molar-refractivity contribution in [3.63, 3.8) is 0 Å². The highest BCUT2D eigenvalue weighted by molar-refractivity contribution is 6.39. The molecule has 0 unspecified atom stereocenters. The number of carbonyl (C=O) groups excluding carboxylic acids is 1. The highest BCUT2D eigenvalue weighted by atomic mass is 35.5. The van der Waals surface area contributed by atoms with Crippen LogP contribution >= 0.6 is 23.2 Å². The number of nitro groups is 1. The maximum atomic E-state index is 13.1. The Morgan fingerprint density at radius 2 is 1.88 bits per heavy atom. The van der Waals surface area contributed by atoms with Crippen molar-refractivity contribution in [1.82, 2.24) is 10.1 Å². The molecule has 0 bridgehead atoms. The minimum Gasteiger partial charge on any atom is -0.485 e. The van der Waals surface area contributed by atoms with Crippen LogP contribution in [0.1, 0.15) is 21.7 Å². The van der Waals surface area contributed by atoms with Crippen molar-refractivity contribution in [2.24, 2.45) is 0 Å². The Bertz CT molecular complexity index is 1230. The SMILES string of the molecule is Cc1onc(-c2c(Cl)cccc2Cl)c1C(=O)N(C)CCOc1ccc(C(F)(F)F)cc1[N+](=O)[O-]. The van der Waals surface area contributed by atoms with Gasteiger partial charge in [-0.2, -0.15) is 13.2 Å². The van der Waals surface area contributed by atoms with Gasteiger partial charge in [-0.25, -0.2) is 0 Å². The van der Waals surface area contributed by atoms with E-state index in [0.29, 0.717) is 17.7 Å². The van der Waals surface area contributed by atoms with Gasteiger partial charge in [0, 0.05) is 18.7 Å². The lowest BCUT2D eigenvalue weighted by atomic mass is 10.0. The number of aromatic nitrogens is 1. The first kappa shape index (κ1) is 25.3. The Hall–Kier alpha value is -3.31. The summed E-state index contributed by atoms with van der Waals surface area (Å²) in [4.78, 5) is 24.5. The maximum absolute atomic E-state index is 13.1. The normalized spacial score (nSPS) is 11.4. The number of carbonyl (C=O) groups is 1. The molecule has 3 aromatic rings. The molecule has 0 aliphatic rings. The van der Waals surface area contributed by atoms with Crippen molar-refractivity contribution in [1.29, 1.82) is 0 Å². The van der Waals surface area contributed by atoms with E-state index in [9.17, 15) is 28.1 Å². The van der Waals surface area contributed by atoms with Crippen LogP contribution in [0.25, 0.3) is 11.3 Å². The molecule has 1 aromatic heterocycles. The first-order valence-corrected chi connectivity index (χ1v) is 10.3. The fourth-order valence-corrected chi connectivity index (χ4v) is 3.64. The van der Waals surface area contributed by atoms with Crippen LogP contribution in [0, 0.1) is 17.0 Å². The van der Waals surface area contributed by atoms with E-state index in [0.717, 1.165) is 6.07 Å². The van der Waals surface area contributed by atoms with Gasteiger partial charge in [-0.1, -0.05) is 34.4 Å². The van der Waals surface area contributed by atoms with E-state index in [4.69, 9.17) is 32.5 Å². The van der Waals surface area contributed by atoms with Crippen LogP contribution in [0.3, 0.4) is 0 Å². The molecule has 34 heavy (non-hydrogen) atoms. The van der Waals surface area contributed by atoms with E-state index >= 15 is 0 Å². The summed E-state index contributed by atoms with van der Waals surface area (Å²) in [5, 5.41) is 15.6. The smallest absolute Gasteiger partial charge is 0.416 e. The quantitative estimate of drug-likeness (QED) is 0.280. The zero-order valence-electron chi connectivity index (χ0n) is 17.7. The summed E-state index contributed by atoms with van der Waals surface area (Å²) in [6.07, 6.45) is -4.74. The van der Waals surface area contributed by atoms with Crippen LogP contribution in [-0.2, 0) is 6.18 Å². The maximum Gasteiger partial charge on any atom is 0.416 e. The van der Waals surface area contributed by atoms with Crippen LogP contribution in [0.2, 0.25) is 10.0 Å². The molecule has 2 aromatic carbocycles. The molecule has 1 amide bonds. The molecule has 3 rings (SSSR count). The molecular weight excluding hydrogens is 502 g/mol. The highest BCUT2D eigenvalue weighted by Crippen LogP contribution is 2.38. The van der Waals surface area contributed by atoms with Crippen molar-refractivity contribution in [2.75, 3.05) is 20.2 Å². The van der Waals surface area contributed by atoms with Crippen LogP contribution in [0.4, 0.5) is 18.9 Å². The van der Waals surface area contributed by atoms with Gasteiger partial charge in [0.1, 0.15) is 23.6 Å². The molecule has 0 atom stereocenters. The van der Waals surface area contributed by atoms with E-state index in [1.54, 1.807) is 18.2 Å².